The smallest absolute Gasteiger partial charge is 0.130 e. The van der Waals surface area contributed by atoms with Crippen molar-refractivity contribution < 1.29 is 4.74 Å². The molecule has 1 aliphatic heterocycles. The molecule has 5 heteroatoms. The predicted molar refractivity (Wildman–Crippen MR) is 200 cm³/mol. The molecular weight excluding hydrogens is 613 g/mol. The number of ether oxygens (including phenoxy) is 1. The molecular formula is C45H28N4O. The Morgan fingerprint density at radius 1 is 0.600 bits per heavy atom. The van der Waals surface area contributed by atoms with Crippen molar-refractivity contribution in [1.82, 2.24) is 9.13 Å². The van der Waals surface area contributed by atoms with E-state index < -0.39 is 5.41 Å². The van der Waals surface area contributed by atoms with Crippen LogP contribution in [0.3, 0.4) is 0 Å². The molecule has 5 nitrogen and oxygen atoms in total. The van der Waals surface area contributed by atoms with Gasteiger partial charge in [-0.05, 0) is 103 Å². The molecule has 234 valence electrons. The summed E-state index contributed by atoms with van der Waals surface area (Å²) in [6.45, 7) is 2.27. The maximum atomic E-state index is 9.61. The Morgan fingerprint density at radius 2 is 1.20 bits per heavy atom. The molecule has 0 saturated heterocycles. The molecule has 8 aromatic rings. The lowest BCUT2D eigenvalue weighted by atomic mass is 9.74. The molecule has 0 radical (unpaired) electrons. The first-order valence-corrected chi connectivity index (χ1v) is 16.7. The second-order valence-corrected chi connectivity index (χ2v) is 13.4. The van der Waals surface area contributed by atoms with E-state index in [1.807, 2.05) is 24.3 Å². The Balaban J connectivity index is 1.10. The summed E-state index contributed by atoms with van der Waals surface area (Å²) in [4.78, 5) is 0. The number of hydrogen-bond donors (Lipinski definition) is 0. The first kappa shape index (κ1) is 28.2. The van der Waals surface area contributed by atoms with E-state index in [0.29, 0.717) is 11.1 Å². The summed E-state index contributed by atoms with van der Waals surface area (Å²) in [6.07, 6.45) is 6.61. The van der Waals surface area contributed by atoms with Crippen molar-refractivity contribution in [2.75, 3.05) is 0 Å². The average molecular weight is 641 g/mol. The highest BCUT2D eigenvalue weighted by Gasteiger charge is 2.44. The summed E-state index contributed by atoms with van der Waals surface area (Å²) in [5, 5.41) is 23.6. The molecule has 0 saturated carbocycles. The molecule has 6 aromatic carbocycles. The van der Waals surface area contributed by atoms with Crippen LogP contribution in [-0.4, -0.2) is 15.2 Å². The van der Waals surface area contributed by atoms with Crippen LogP contribution in [0.15, 0.2) is 146 Å². The Kier molecular flexibility index (Phi) is 5.83. The number of benzene rings is 6. The van der Waals surface area contributed by atoms with Crippen molar-refractivity contribution in [2.45, 2.75) is 18.4 Å². The molecule has 2 unspecified atom stereocenters. The Labute approximate surface area is 288 Å². The number of rotatable bonds is 3. The maximum Gasteiger partial charge on any atom is 0.130 e. The molecule has 0 bridgehead atoms. The highest BCUT2D eigenvalue weighted by atomic mass is 16.5. The topological polar surface area (TPSA) is 66.7 Å². The molecule has 2 atom stereocenters. The van der Waals surface area contributed by atoms with Crippen molar-refractivity contribution in [3.8, 4) is 29.3 Å². The SMILES string of the molecule is CC12C=C(c3cccc(-n4c5ccccc5c5cc(C#N)ccc54)c3)C=CC1Oc1ccc(-n3c4ccccc4c4cc(C#N)ccc43)cc12. The first-order chi connectivity index (χ1) is 24.5. The average Bonchev–Trinajstić information content (AvgIpc) is 3.78. The molecule has 2 aromatic heterocycles. The van der Waals surface area contributed by atoms with Crippen LogP contribution in [0.2, 0.25) is 0 Å². The van der Waals surface area contributed by atoms with Crippen molar-refractivity contribution in [3.63, 3.8) is 0 Å². The molecule has 2 aliphatic rings. The van der Waals surface area contributed by atoms with Gasteiger partial charge in [-0.15, -0.1) is 0 Å². The maximum absolute atomic E-state index is 9.61. The third kappa shape index (κ3) is 3.92. The number of para-hydroxylation sites is 2. The molecule has 1 aliphatic carbocycles. The van der Waals surface area contributed by atoms with Crippen molar-refractivity contribution >= 4 is 49.2 Å². The minimum Gasteiger partial charge on any atom is -0.485 e. The normalized spacial score (nSPS) is 17.7. The van der Waals surface area contributed by atoms with Gasteiger partial charge in [0.1, 0.15) is 11.9 Å². The Hall–Kier alpha value is -6.82. The molecule has 0 fully saturated rings. The fourth-order valence-corrected chi connectivity index (χ4v) is 8.20. The molecule has 3 heterocycles. The zero-order valence-electron chi connectivity index (χ0n) is 27.1. The van der Waals surface area contributed by atoms with Gasteiger partial charge in [-0.2, -0.15) is 10.5 Å². The lowest BCUT2D eigenvalue weighted by Gasteiger charge is -2.29. The van der Waals surface area contributed by atoms with E-state index in [-0.39, 0.29) is 6.10 Å². The van der Waals surface area contributed by atoms with Gasteiger partial charge in [-0.25, -0.2) is 0 Å². The summed E-state index contributed by atoms with van der Waals surface area (Å²) in [5.74, 6) is 0.895. The molecule has 0 spiro atoms. The van der Waals surface area contributed by atoms with Crippen LogP contribution in [0, 0.1) is 22.7 Å². The van der Waals surface area contributed by atoms with Gasteiger partial charge in [0.25, 0.3) is 0 Å². The largest absolute Gasteiger partial charge is 0.485 e. The summed E-state index contributed by atoms with van der Waals surface area (Å²) < 4.78 is 11.2. The van der Waals surface area contributed by atoms with Crippen molar-refractivity contribution in [2.24, 2.45) is 0 Å². The van der Waals surface area contributed by atoms with Crippen LogP contribution in [0.4, 0.5) is 0 Å². The third-order valence-corrected chi connectivity index (χ3v) is 10.6. The summed E-state index contributed by atoms with van der Waals surface area (Å²) in [6, 6.07) is 48.4. The zero-order chi connectivity index (χ0) is 33.6. The van der Waals surface area contributed by atoms with Gasteiger partial charge in [-0.1, -0.05) is 60.7 Å². The van der Waals surface area contributed by atoms with Gasteiger partial charge in [0, 0.05) is 38.5 Å². The second-order valence-electron chi connectivity index (χ2n) is 13.4. The van der Waals surface area contributed by atoms with E-state index in [1.54, 1.807) is 0 Å². The molecule has 10 rings (SSSR count). The highest BCUT2D eigenvalue weighted by molar-refractivity contribution is 6.10. The monoisotopic (exact) mass is 640 g/mol. The van der Waals surface area contributed by atoms with Gasteiger partial charge in [0.2, 0.25) is 0 Å². The van der Waals surface area contributed by atoms with Crippen LogP contribution in [0.25, 0.3) is 60.6 Å². The summed E-state index contributed by atoms with van der Waals surface area (Å²) in [5.41, 5.74) is 10.8. The molecule has 0 amide bonds. The Morgan fingerprint density at radius 3 is 1.84 bits per heavy atom. The van der Waals surface area contributed by atoms with Gasteiger partial charge < -0.3 is 13.9 Å². The lowest BCUT2D eigenvalue weighted by molar-refractivity contribution is 0.228. The van der Waals surface area contributed by atoms with E-state index in [1.165, 1.54) is 0 Å². The fraction of sp³-hybridized carbons (Fsp3) is 0.0667. The Bertz CT molecular complexity index is 2910. The number of hydrogen-bond acceptors (Lipinski definition) is 3. The first-order valence-electron chi connectivity index (χ1n) is 16.7. The number of allylic oxidation sites excluding steroid dienone is 2. The van der Waals surface area contributed by atoms with Gasteiger partial charge in [0.15, 0.2) is 0 Å². The minimum absolute atomic E-state index is 0.123. The van der Waals surface area contributed by atoms with E-state index in [2.05, 4.69) is 150 Å². The zero-order valence-corrected chi connectivity index (χ0v) is 27.1. The van der Waals surface area contributed by atoms with Crippen LogP contribution >= 0.6 is 0 Å². The van der Waals surface area contributed by atoms with Crippen LogP contribution in [0.1, 0.15) is 29.2 Å². The van der Waals surface area contributed by atoms with E-state index in [4.69, 9.17) is 4.74 Å². The number of nitrogens with zero attached hydrogens (tertiary/aromatic N) is 4. The van der Waals surface area contributed by atoms with Gasteiger partial charge in [-0.3, -0.25) is 0 Å². The van der Waals surface area contributed by atoms with Gasteiger partial charge >= 0.3 is 0 Å². The van der Waals surface area contributed by atoms with Crippen molar-refractivity contribution in [1.29, 1.82) is 10.5 Å². The summed E-state index contributed by atoms with van der Waals surface area (Å²) in [7, 11) is 0. The van der Waals surface area contributed by atoms with Crippen molar-refractivity contribution in [3.05, 3.63) is 168 Å². The number of fused-ring (bicyclic) bond motifs is 9. The lowest BCUT2D eigenvalue weighted by Crippen LogP contribution is -2.33. The van der Waals surface area contributed by atoms with Crippen LogP contribution in [0.5, 0.6) is 5.75 Å². The van der Waals surface area contributed by atoms with E-state index in [9.17, 15) is 10.5 Å². The highest BCUT2D eigenvalue weighted by Crippen LogP contribution is 2.49. The van der Waals surface area contributed by atoms with E-state index in [0.717, 1.165) is 77.4 Å². The van der Waals surface area contributed by atoms with E-state index >= 15 is 0 Å². The third-order valence-electron chi connectivity index (χ3n) is 10.6. The second kappa shape index (κ2) is 10.3. The predicted octanol–water partition coefficient (Wildman–Crippen LogP) is 10.3. The fourth-order valence-electron chi connectivity index (χ4n) is 8.20. The standard InChI is InChI=1S/C45H28N4O/c1-45-25-31(30-7-6-8-32(23-30)48-39-11-4-2-9-34(39)36-21-28(26-46)13-17-41(36)48)15-20-44(45)50-43-19-16-33(24-38(43)45)49-40-12-5-3-10-35(40)37-22-29(27-47)14-18-42(37)49/h2-25,44H,1H3. The quantitative estimate of drug-likeness (QED) is 0.193. The number of aromatic nitrogens is 2. The molecule has 0 N–H and O–H groups in total. The summed E-state index contributed by atoms with van der Waals surface area (Å²) >= 11 is 0. The van der Waals surface area contributed by atoms with Crippen LogP contribution in [-0.2, 0) is 5.41 Å². The van der Waals surface area contributed by atoms with Crippen LogP contribution < -0.4 is 4.74 Å². The van der Waals surface area contributed by atoms with Gasteiger partial charge in [0.05, 0.1) is 50.7 Å². The molecule has 50 heavy (non-hydrogen) atoms. The number of nitriles is 2. The minimum atomic E-state index is -0.390.